The topological polar surface area (TPSA) is 75.7 Å². The molecule has 0 radical (unpaired) electrons. The quantitative estimate of drug-likeness (QED) is 0.501. The van der Waals surface area contributed by atoms with Crippen LogP contribution in [0.5, 0.6) is 5.75 Å². The van der Waals surface area contributed by atoms with E-state index < -0.39 is 17.8 Å². The van der Waals surface area contributed by atoms with Crippen LogP contribution in [0.15, 0.2) is 28.2 Å². The van der Waals surface area contributed by atoms with E-state index in [9.17, 15) is 14.4 Å². The van der Waals surface area contributed by atoms with E-state index in [-0.39, 0.29) is 17.0 Å². The summed E-state index contributed by atoms with van der Waals surface area (Å²) in [6, 6.07) is 4.51. The van der Waals surface area contributed by atoms with Gasteiger partial charge in [-0.3, -0.25) is 19.8 Å². The molecule has 6 rings (SSSR count). The van der Waals surface area contributed by atoms with E-state index in [0.717, 1.165) is 23.7 Å². The number of imide groups is 2. The fraction of sp³-hybridized carbons (Fsp3) is 0.542. The van der Waals surface area contributed by atoms with Gasteiger partial charge in [-0.2, -0.15) is 0 Å². The number of hydrogen-bond donors (Lipinski definition) is 1. The lowest BCUT2D eigenvalue weighted by Crippen LogP contribution is -2.63. The molecule has 7 heteroatoms. The Labute approximate surface area is 190 Å². The van der Waals surface area contributed by atoms with Crippen LogP contribution in [0.1, 0.15) is 51.0 Å². The van der Waals surface area contributed by atoms with Gasteiger partial charge in [0.25, 0.3) is 11.8 Å². The molecular weight excluding hydrogens is 460 g/mol. The second-order valence-corrected chi connectivity index (χ2v) is 10.7. The first-order chi connectivity index (χ1) is 14.8. The molecule has 1 atom stereocenters. The van der Waals surface area contributed by atoms with Crippen molar-refractivity contribution in [3.63, 3.8) is 0 Å². The summed E-state index contributed by atoms with van der Waals surface area (Å²) >= 11 is 3.43. The van der Waals surface area contributed by atoms with Gasteiger partial charge in [-0.15, -0.1) is 0 Å². The molecule has 0 spiro atoms. The van der Waals surface area contributed by atoms with Crippen LogP contribution in [0.2, 0.25) is 0 Å². The van der Waals surface area contributed by atoms with Crippen LogP contribution in [0.3, 0.4) is 0 Å². The molecule has 1 aromatic rings. The van der Waals surface area contributed by atoms with Gasteiger partial charge in [0, 0.05) is 6.04 Å². The molecule has 4 aliphatic carbocycles. The minimum atomic E-state index is -0.643. The van der Waals surface area contributed by atoms with Crippen LogP contribution in [0.25, 0.3) is 6.08 Å². The van der Waals surface area contributed by atoms with Gasteiger partial charge in [-0.1, -0.05) is 6.07 Å². The van der Waals surface area contributed by atoms with Crippen molar-refractivity contribution in [1.82, 2.24) is 10.2 Å². The highest BCUT2D eigenvalue weighted by molar-refractivity contribution is 9.10. The summed E-state index contributed by atoms with van der Waals surface area (Å²) in [6.45, 7) is 2.00. The number of hydrogen-bond acceptors (Lipinski definition) is 4. The van der Waals surface area contributed by atoms with E-state index in [2.05, 4.69) is 21.2 Å². The van der Waals surface area contributed by atoms with E-state index in [0.29, 0.717) is 29.1 Å². The highest BCUT2D eigenvalue weighted by Gasteiger charge is 2.56. The summed E-state index contributed by atoms with van der Waals surface area (Å²) in [5, 5.41) is 2.40. The SMILES string of the molecule is COc1ccc(/C=C2\C(=O)NC(=O)N(C(C)C34CC5CC(CC(C5)C3)C4)C2=O)cc1Br. The molecule has 1 unspecified atom stereocenters. The number of halogens is 1. The first-order valence-electron chi connectivity index (χ1n) is 11.0. The van der Waals surface area contributed by atoms with Gasteiger partial charge in [-0.25, -0.2) is 4.79 Å². The highest BCUT2D eigenvalue weighted by Crippen LogP contribution is 2.62. The van der Waals surface area contributed by atoms with Gasteiger partial charge in [0.05, 0.1) is 11.6 Å². The van der Waals surface area contributed by atoms with E-state index in [4.69, 9.17) is 4.74 Å². The molecule has 1 saturated heterocycles. The second kappa shape index (κ2) is 7.47. The lowest BCUT2D eigenvalue weighted by molar-refractivity contribution is -0.139. The maximum absolute atomic E-state index is 13.4. The lowest BCUT2D eigenvalue weighted by Gasteiger charge is -2.60. The monoisotopic (exact) mass is 486 g/mol. The summed E-state index contributed by atoms with van der Waals surface area (Å²) in [4.78, 5) is 40.1. The number of urea groups is 1. The number of ether oxygens (including phenoxy) is 1. The maximum Gasteiger partial charge on any atom is 0.331 e. The average Bonchev–Trinajstić information content (AvgIpc) is 2.70. The number of amides is 4. The van der Waals surface area contributed by atoms with E-state index in [1.807, 2.05) is 6.92 Å². The number of carbonyl (C=O) groups is 3. The van der Waals surface area contributed by atoms with Gasteiger partial charge in [-0.05, 0) is 108 Å². The molecule has 4 amide bonds. The van der Waals surface area contributed by atoms with Crippen molar-refractivity contribution in [1.29, 1.82) is 0 Å². The van der Waals surface area contributed by atoms with Crippen LogP contribution in [-0.4, -0.2) is 35.9 Å². The number of methoxy groups -OCH3 is 1. The number of carbonyl (C=O) groups excluding carboxylic acids is 3. The minimum Gasteiger partial charge on any atom is -0.496 e. The lowest BCUT2D eigenvalue weighted by atomic mass is 9.47. The fourth-order valence-electron chi connectivity index (χ4n) is 6.93. The van der Waals surface area contributed by atoms with Crippen molar-refractivity contribution in [2.24, 2.45) is 23.2 Å². The fourth-order valence-corrected chi connectivity index (χ4v) is 7.48. The number of nitrogens with zero attached hydrogens (tertiary/aromatic N) is 1. The Hall–Kier alpha value is -2.15. The van der Waals surface area contributed by atoms with Crippen LogP contribution < -0.4 is 10.1 Å². The van der Waals surface area contributed by atoms with E-state index in [1.54, 1.807) is 31.4 Å². The van der Waals surface area contributed by atoms with Crippen LogP contribution in [0, 0.1) is 23.2 Å². The molecule has 1 N–H and O–H groups in total. The molecule has 31 heavy (non-hydrogen) atoms. The Bertz CT molecular complexity index is 966. The molecule has 1 aliphatic heterocycles. The summed E-state index contributed by atoms with van der Waals surface area (Å²) in [6.07, 6.45) is 8.67. The Morgan fingerprint density at radius 1 is 1.13 bits per heavy atom. The largest absolute Gasteiger partial charge is 0.496 e. The van der Waals surface area contributed by atoms with Gasteiger partial charge in [0.2, 0.25) is 0 Å². The van der Waals surface area contributed by atoms with Crippen LogP contribution >= 0.6 is 15.9 Å². The Morgan fingerprint density at radius 2 is 1.74 bits per heavy atom. The van der Waals surface area contributed by atoms with Gasteiger partial charge < -0.3 is 4.74 Å². The zero-order valence-electron chi connectivity index (χ0n) is 17.8. The maximum atomic E-state index is 13.4. The third-order valence-corrected chi connectivity index (χ3v) is 8.60. The molecule has 4 bridgehead atoms. The molecule has 0 aromatic heterocycles. The van der Waals surface area contributed by atoms with Crippen LogP contribution in [-0.2, 0) is 9.59 Å². The predicted octanol–water partition coefficient (Wildman–Crippen LogP) is 4.52. The van der Waals surface area contributed by atoms with Crippen molar-refractivity contribution in [3.05, 3.63) is 33.8 Å². The predicted molar refractivity (Wildman–Crippen MR) is 119 cm³/mol. The number of benzene rings is 1. The molecule has 5 aliphatic rings. The van der Waals surface area contributed by atoms with Crippen LogP contribution in [0.4, 0.5) is 4.79 Å². The summed E-state index contributed by atoms with van der Waals surface area (Å²) in [5.74, 6) is 1.66. The second-order valence-electron chi connectivity index (χ2n) is 9.84. The Kier molecular flexibility index (Phi) is 5.00. The molecule has 4 saturated carbocycles. The van der Waals surface area contributed by atoms with Crippen molar-refractivity contribution < 1.29 is 19.1 Å². The standard InChI is InChI=1S/C24H27BrN2O4/c1-13(24-10-15-5-16(11-24)7-17(6-15)12-24)27-22(29)18(21(28)26-23(27)30)8-14-3-4-20(31-2)19(25)9-14/h3-4,8-9,13,15-17H,5-7,10-12H2,1-2H3,(H,26,28,30)/b18-8+. The zero-order chi connectivity index (χ0) is 21.9. The minimum absolute atomic E-state index is 0.00625. The zero-order valence-corrected chi connectivity index (χ0v) is 19.4. The third kappa shape index (κ3) is 3.41. The average molecular weight is 487 g/mol. The number of nitrogens with one attached hydrogen (secondary N) is 1. The number of barbiturate groups is 1. The Balaban J connectivity index is 1.46. The molecule has 1 aromatic carbocycles. The summed E-state index contributed by atoms with van der Waals surface area (Å²) in [5.41, 5.74) is 0.660. The smallest absolute Gasteiger partial charge is 0.331 e. The first kappa shape index (κ1) is 20.7. The molecule has 164 valence electrons. The van der Waals surface area contributed by atoms with Crippen molar-refractivity contribution in [3.8, 4) is 5.75 Å². The van der Waals surface area contributed by atoms with Gasteiger partial charge in [0.1, 0.15) is 11.3 Å². The Morgan fingerprint density at radius 3 is 2.29 bits per heavy atom. The van der Waals surface area contributed by atoms with Crippen molar-refractivity contribution in [2.45, 2.75) is 51.5 Å². The highest BCUT2D eigenvalue weighted by atomic mass is 79.9. The summed E-state index contributed by atoms with van der Waals surface area (Å²) < 4.78 is 5.97. The van der Waals surface area contributed by atoms with Crippen molar-refractivity contribution in [2.75, 3.05) is 7.11 Å². The number of rotatable bonds is 4. The van der Waals surface area contributed by atoms with Crippen molar-refractivity contribution >= 4 is 39.9 Å². The third-order valence-electron chi connectivity index (χ3n) is 7.98. The summed E-state index contributed by atoms with van der Waals surface area (Å²) in [7, 11) is 1.58. The molecule has 5 fully saturated rings. The van der Waals surface area contributed by atoms with E-state index in [1.165, 1.54) is 24.2 Å². The van der Waals surface area contributed by atoms with E-state index >= 15 is 0 Å². The molecular formula is C24H27BrN2O4. The van der Waals surface area contributed by atoms with Gasteiger partial charge in [0.15, 0.2) is 0 Å². The first-order valence-corrected chi connectivity index (χ1v) is 11.8. The molecule has 1 heterocycles. The normalized spacial score (nSPS) is 34.3. The molecule has 6 nitrogen and oxygen atoms in total. The van der Waals surface area contributed by atoms with Gasteiger partial charge >= 0.3 is 6.03 Å².